The van der Waals surface area contributed by atoms with Crippen LogP contribution in [0.3, 0.4) is 0 Å². The summed E-state index contributed by atoms with van der Waals surface area (Å²) in [7, 11) is 1.76. The molecule has 0 N–H and O–H groups in total. The lowest BCUT2D eigenvalue weighted by Gasteiger charge is -2.18. The molecule has 0 radical (unpaired) electrons. The number of rotatable bonds is 2. The Morgan fingerprint density at radius 3 is 2.70 bits per heavy atom. The topological polar surface area (TPSA) is 9.23 Å². The Morgan fingerprint density at radius 1 is 1.25 bits per heavy atom. The van der Waals surface area contributed by atoms with Crippen LogP contribution in [-0.4, -0.2) is 13.2 Å². The van der Waals surface area contributed by atoms with E-state index < -0.39 is 0 Å². The van der Waals surface area contributed by atoms with Gasteiger partial charge in [-0.05, 0) is 41.9 Å². The second-order valence-corrected chi connectivity index (χ2v) is 6.58. The summed E-state index contributed by atoms with van der Waals surface area (Å²) in [5, 5.41) is 1.30. The van der Waals surface area contributed by atoms with E-state index in [0.717, 1.165) is 6.42 Å². The molecule has 2 aliphatic carbocycles. The minimum absolute atomic E-state index is 0.0149. The van der Waals surface area contributed by atoms with Gasteiger partial charge < -0.3 is 4.74 Å². The molecule has 0 amide bonds. The van der Waals surface area contributed by atoms with E-state index in [1.54, 1.807) is 13.2 Å². The van der Waals surface area contributed by atoms with Crippen molar-refractivity contribution in [3.63, 3.8) is 0 Å². The summed E-state index contributed by atoms with van der Waals surface area (Å²) in [4.78, 5) is 1.30. The van der Waals surface area contributed by atoms with Gasteiger partial charge in [-0.1, -0.05) is 19.1 Å². The summed E-state index contributed by atoms with van der Waals surface area (Å²) in [5.74, 6) is 0.384. The van der Waals surface area contributed by atoms with Crippen molar-refractivity contribution in [1.82, 2.24) is 0 Å². The standard InChI is InChI=1S/C17H19FOS/c1-10-8-16-14(9-15(10)19-3)11(2)17(20-16)12-4-6-13(18)7-5-12/h4,6,8-10,15H,5,7H2,1-3H3. The Kier molecular flexibility index (Phi) is 3.65. The second-order valence-electron chi connectivity index (χ2n) is 5.53. The normalized spacial score (nSPS) is 25.2. The molecule has 0 aliphatic heterocycles. The number of allylic oxidation sites excluding steroid dienone is 4. The zero-order valence-electron chi connectivity index (χ0n) is 12.1. The van der Waals surface area contributed by atoms with Gasteiger partial charge in [-0.3, -0.25) is 0 Å². The van der Waals surface area contributed by atoms with E-state index in [1.165, 1.54) is 25.8 Å². The fourth-order valence-electron chi connectivity index (χ4n) is 2.92. The van der Waals surface area contributed by atoms with Crippen molar-refractivity contribution in [2.24, 2.45) is 5.92 Å². The lowest BCUT2D eigenvalue weighted by molar-refractivity contribution is 0.129. The molecule has 2 unspecified atom stereocenters. The van der Waals surface area contributed by atoms with E-state index in [4.69, 9.17) is 4.74 Å². The highest BCUT2D eigenvalue weighted by atomic mass is 32.1. The second kappa shape index (κ2) is 5.30. The molecule has 1 nitrogen and oxygen atoms in total. The van der Waals surface area contributed by atoms with Crippen LogP contribution < -0.4 is 9.75 Å². The van der Waals surface area contributed by atoms with Gasteiger partial charge >= 0.3 is 0 Å². The number of fused-ring (bicyclic) bond motifs is 1. The number of ether oxygens (including phenoxy) is 1. The largest absolute Gasteiger partial charge is 0.377 e. The summed E-state index contributed by atoms with van der Waals surface area (Å²) in [6.07, 6.45) is 9.54. The molecule has 0 fully saturated rings. The maximum atomic E-state index is 13.1. The van der Waals surface area contributed by atoms with Crippen molar-refractivity contribution in [2.45, 2.75) is 32.8 Å². The number of halogens is 1. The Balaban J connectivity index is 2.12. The molecule has 0 saturated carbocycles. The van der Waals surface area contributed by atoms with Crippen LogP contribution in [0.1, 0.15) is 30.2 Å². The quantitative estimate of drug-likeness (QED) is 0.812. The van der Waals surface area contributed by atoms with Crippen LogP contribution in [0.4, 0.5) is 4.39 Å². The average molecular weight is 290 g/mol. The van der Waals surface area contributed by atoms with Crippen molar-refractivity contribution in [2.75, 3.05) is 7.11 Å². The molecule has 1 aromatic rings. The van der Waals surface area contributed by atoms with Gasteiger partial charge in [0.1, 0.15) is 5.83 Å². The highest BCUT2D eigenvalue weighted by Crippen LogP contribution is 2.30. The first kappa shape index (κ1) is 13.8. The Bertz CT molecular complexity index is 708. The molecular formula is C17H19FOS. The van der Waals surface area contributed by atoms with Gasteiger partial charge in [-0.2, -0.15) is 0 Å². The van der Waals surface area contributed by atoms with E-state index in [1.807, 2.05) is 17.4 Å². The van der Waals surface area contributed by atoms with Crippen LogP contribution in [0, 0.1) is 12.8 Å². The zero-order valence-corrected chi connectivity index (χ0v) is 12.9. The van der Waals surface area contributed by atoms with E-state index >= 15 is 0 Å². The first-order valence-corrected chi connectivity index (χ1v) is 7.83. The third-order valence-corrected chi connectivity index (χ3v) is 5.50. The smallest absolute Gasteiger partial charge is 0.100 e. The third kappa shape index (κ3) is 2.29. The minimum atomic E-state index is -0.0149. The summed E-state index contributed by atoms with van der Waals surface area (Å²) in [6.45, 7) is 4.34. The number of hydrogen-bond donors (Lipinski definition) is 0. The fourth-order valence-corrected chi connectivity index (χ4v) is 4.32. The first-order chi connectivity index (χ1) is 9.60. The van der Waals surface area contributed by atoms with Crippen LogP contribution in [0.5, 0.6) is 0 Å². The molecule has 1 aromatic heterocycles. The van der Waals surface area contributed by atoms with Crippen molar-refractivity contribution < 1.29 is 9.13 Å². The molecule has 20 heavy (non-hydrogen) atoms. The predicted octanol–water partition coefficient (Wildman–Crippen LogP) is 3.31. The van der Waals surface area contributed by atoms with E-state index in [-0.39, 0.29) is 11.9 Å². The van der Waals surface area contributed by atoms with Crippen LogP contribution in [0.2, 0.25) is 0 Å². The van der Waals surface area contributed by atoms with Crippen LogP contribution in [0.25, 0.3) is 17.7 Å². The van der Waals surface area contributed by atoms with Crippen molar-refractivity contribution in [3.05, 3.63) is 38.2 Å². The van der Waals surface area contributed by atoms with E-state index in [2.05, 4.69) is 26.0 Å². The Morgan fingerprint density at radius 2 is 2.05 bits per heavy atom. The predicted molar refractivity (Wildman–Crippen MR) is 83.6 cm³/mol. The van der Waals surface area contributed by atoms with Crippen LogP contribution in [-0.2, 0) is 4.74 Å². The van der Waals surface area contributed by atoms with Gasteiger partial charge in [-0.15, -0.1) is 11.3 Å². The molecule has 0 saturated heterocycles. The van der Waals surface area contributed by atoms with Crippen LogP contribution >= 0.6 is 11.3 Å². The number of methoxy groups -OCH3 is 1. The van der Waals surface area contributed by atoms with Gasteiger partial charge in [0.25, 0.3) is 0 Å². The molecule has 0 bridgehead atoms. The molecule has 1 heterocycles. The highest BCUT2D eigenvalue weighted by molar-refractivity contribution is 7.11. The van der Waals surface area contributed by atoms with Crippen molar-refractivity contribution in [3.8, 4) is 0 Å². The zero-order chi connectivity index (χ0) is 14.3. The van der Waals surface area contributed by atoms with Gasteiger partial charge in [0, 0.05) is 28.9 Å². The summed E-state index contributed by atoms with van der Waals surface area (Å²) in [5.41, 5.74) is 2.56. The molecule has 0 spiro atoms. The third-order valence-electron chi connectivity index (χ3n) is 4.15. The minimum Gasteiger partial charge on any atom is -0.377 e. The number of thiophene rings is 1. The van der Waals surface area contributed by atoms with E-state index in [9.17, 15) is 4.39 Å². The van der Waals surface area contributed by atoms with E-state index in [0.29, 0.717) is 12.3 Å². The fraction of sp³-hybridized carbons (Fsp3) is 0.412. The molecule has 106 valence electrons. The van der Waals surface area contributed by atoms with Crippen molar-refractivity contribution in [1.29, 1.82) is 0 Å². The van der Waals surface area contributed by atoms with Gasteiger partial charge in [0.15, 0.2) is 0 Å². The van der Waals surface area contributed by atoms with Crippen LogP contribution in [0.15, 0.2) is 18.0 Å². The average Bonchev–Trinajstić information content (AvgIpc) is 2.75. The van der Waals surface area contributed by atoms with Gasteiger partial charge in [0.2, 0.25) is 0 Å². The van der Waals surface area contributed by atoms with Crippen molar-refractivity contribution >= 4 is 29.1 Å². The Hall–Kier alpha value is -1.19. The summed E-state index contributed by atoms with van der Waals surface area (Å²) < 4.78 is 20.0. The molecular weight excluding hydrogens is 271 g/mol. The molecule has 0 aromatic carbocycles. The lowest BCUT2D eigenvalue weighted by Crippen LogP contribution is -2.33. The first-order valence-electron chi connectivity index (χ1n) is 7.01. The maximum Gasteiger partial charge on any atom is 0.100 e. The monoisotopic (exact) mass is 290 g/mol. The highest BCUT2D eigenvalue weighted by Gasteiger charge is 2.20. The maximum absolute atomic E-state index is 13.1. The SMILES string of the molecule is COC1C=c2c(C)c(C3=CC=C(F)CC3)sc2=CC1C. The van der Waals surface area contributed by atoms with Gasteiger partial charge in [-0.25, -0.2) is 4.39 Å². The molecule has 2 aliphatic rings. The Labute approximate surface area is 122 Å². The molecule has 3 rings (SSSR count). The summed E-state index contributed by atoms with van der Waals surface area (Å²) in [6, 6.07) is 0. The summed E-state index contributed by atoms with van der Waals surface area (Å²) >= 11 is 1.82. The number of hydrogen-bond acceptors (Lipinski definition) is 2. The molecule has 2 atom stereocenters. The molecule has 3 heteroatoms. The van der Waals surface area contributed by atoms with Gasteiger partial charge in [0.05, 0.1) is 6.10 Å². The lowest BCUT2D eigenvalue weighted by atomic mass is 9.96.